The van der Waals surface area contributed by atoms with Gasteiger partial charge in [0.25, 0.3) is 5.91 Å². The molecule has 2 fully saturated rings. The number of hydrogen-bond acceptors (Lipinski definition) is 6. The maximum absolute atomic E-state index is 13.2. The summed E-state index contributed by atoms with van der Waals surface area (Å²) in [5.41, 5.74) is 2.31. The molecule has 3 heterocycles. The van der Waals surface area contributed by atoms with Crippen molar-refractivity contribution in [2.45, 2.75) is 82.7 Å². The first kappa shape index (κ1) is 37.4. The molecule has 2 aromatic heterocycles. The maximum atomic E-state index is 13.2. The summed E-state index contributed by atoms with van der Waals surface area (Å²) in [6, 6.07) is 12.1. The number of nitrogens with one attached hydrogen (secondary N) is 1. The minimum Gasteiger partial charge on any atom is -0.475 e. The van der Waals surface area contributed by atoms with Crippen LogP contribution in [0.4, 0.5) is 32.2 Å². The maximum Gasteiger partial charge on any atom is 0.490 e. The van der Waals surface area contributed by atoms with Crippen LogP contribution >= 0.6 is 11.6 Å². The number of nitrogens with zero attached hydrogens (tertiary/aromatic N) is 4. The number of carbonyl (C=O) groups is 3. The van der Waals surface area contributed by atoms with Crippen molar-refractivity contribution < 1.29 is 50.9 Å². The van der Waals surface area contributed by atoms with E-state index in [9.17, 15) is 31.1 Å². The van der Waals surface area contributed by atoms with Crippen LogP contribution in [0, 0.1) is 0 Å². The zero-order valence-electron chi connectivity index (χ0n) is 25.1. The highest BCUT2D eigenvalue weighted by Gasteiger charge is 2.39. The third-order valence-corrected chi connectivity index (χ3v) is 7.65. The van der Waals surface area contributed by atoms with Crippen LogP contribution in [-0.2, 0) is 16.1 Å². The van der Waals surface area contributed by atoms with Gasteiger partial charge in [-0.05, 0) is 55.5 Å². The number of pyridine rings is 1. The number of carboxylic acids is 2. The number of alkyl halides is 6. The zero-order chi connectivity index (χ0) is 34.8. The van der Waals surface area contributed by atoms with Crippen LogP contribution in [0.2, 0.25) is 5.02 Å². The van der Waals surface area contributed by atoms with Gasteiger partial charge < -0.3 is 20.4 Å². The number of carboxylic acid groups (broad SMARTS) is 2. The fourth-order valence-electron chi connectivity index (χ4n) is 5.06. The monoisotopic (exact) mass is 693 g/mol. The van der Waals surface area contributed by atoms with E-state index >= 15 is 0 Å². The van der Waals surface area contributed by atoms with E-state index in [0.29, 0.717) is 17.3 Å². The van der Waals surface area contributed by atoms with Crippen molar-refractivity contribution in [1.29, 1.82) is 0 Å². The van der Waals surface area contributed by atoms with E-state index in [4.69, 9.17) is 41.5 Å². The fraction of sp³-hybridized carbons (Fsp3) is 0.500. The number of fused-ring (bicyclic) bond motifs is 1. The Labute approximate surface area is 270 Å². The van der Waals surface area contributed by atoms with E-state index in [-0.39, 0.29) is 11.9 Å². The molecular formula is C30H34ClF6N5O5. The molecule has 3 aromatic rings. The van der Waals surface area contributed by atoms with E-state index in [1.54, 1.807) is 0 Å². The summed E-state index contributed by atoms with van der Waals surface area (Å²) in [4.78, 5) is 38.4. The Morgan fingerprint density at radius 3 is 1.83 bits per heavy atom. The average Bonchev–Trinajstić information content (AvgIpc) is 3.15. The van der Waals surface area contributed by atoms with Gasteiger partial charge in [0.2, 0.25) is 0 Å². The van der Waals surface area contributed by atoms with Crippen LogP contribution in [0.5, 0.6) is 0 Å². The van der Waals surface area contributed by atoms with Gasteiger partial charge in [0.1, 0.15) is 5.82 Å². The lowest BCUT2D eigenvalue weighted by molar-refractivity contribution is -0.193. The van der Waals surface area contributed by atoms with Crippen LogP contribution in [0.1, 0.15) is 73.8 Å². The van der Waals surface area contributed by atoms with Crippen molar-refractivity contribution >= 4 is 46.3 Å². The number of rotatable bonds is 5. The van der Waals surface area contributed by atoms with Gasteiger partial charge in [-0.25, -0.2) is 19.3 Å². The van der Waals surface area contributed by atoms with Crippen molar-refractivity contribution in [2.24, 2.45) is 0 Å². The highest BCUT2D eigenvalue weighted by Crippen LogP contribution is 2.26. The largest absolute Gasteiger partial charge is 0.490 e. The molecule has 2 aliphatic rings. The molecule has 5 rings (SSSR count). The number of anilines is 1. The van der Waals surface area contributed by atoms with Crippen LogP contribution in [-0.4, -0.2) is 74.3 Å². The smallest absolute Gasteiger partial charge is 0.475 e. The lowest BCUT2D eigenvalue weighted by Crippen LogP contribution is -2.36. The Bertz CT molecular complexity index is 1480. The van der Waals surface area contributed by atoms with Crippen molar-refractivity contribution in [1.82, 2.24) is 20.1 Å². The molecule has 1 aromatic carbocycles. The Kier molecular flexibility index (Phi) is 13.2. The van der Waals surface area contributed by atoms with E-state index < -0.39 is 24.3 Å². The highest BCUT2D eigenvalue weighted by molar-refractivity contribution is 6.30. The summed E-state index contributed by atoms with van der Waals surface area (Å²) in [7, 11) is 0. The number of hydrogen-bond donors (Lipinski definition) is 3. The molecule has 1 aliphatic carbocycles. The average molecular weight is 694 g/mol. The first-order chi connectivity index (χ1) is 22.1. The molecule has 1 saturated carbocycles. The fourth-order valence-corrected chi connectivity index (χ4v) is 5.19. The Balaban J connectivity index is 0.000000360. The third-order valence-electron chi connectivity index (χ3n) is 7.40. The van der Waals surface area contributed by atoms with Gasteiger partial charge in [-0.1, -0.05) is 55.8 Å². The van der Waals surface area contributed by atoms with Gasteiger partial charge >= 0.3 is 24.3 Å². The lowest BCUT2D eigenvalue weighted by Gasteiger charge is -2.22. The van der Waals surface area contributed by atoms with Crippen molar-refractivity contribution in [2.75, 3.05) is 18.0 Å². The number of amides is 1. The molecular weight excluding hydrogens is 660 g/mol. The third kappa shape index (κ3) is 11.6. The Hall–Kier alpha value is -4.08. The number of halogens is 7. The molecule has 47 heavy (non-hydrogen) atoms. The molecule has 0 atom stereocenters. The Morgan fingerprint density at radius 1 is 0.809 bits per heavy atom. The first-order valence-corrected chi connectivity index (χ1v) is 15.2. The predicted octanol–water partition coefficient (Wildman–Crippen LogP) is 6.84. The molecule has 0 unspecified atom stereocenters. The number of carbonyl (C=O) groups excluding carboxylic acids is 1. The molecule has 0 spiro atoms. The standard InChI is InChI=1S/C26H32ClN5O.2C2HF3O2/c27-20-12-10-19(11-13-20)18-32-25-22(14-15-23(29-25)31-16-6-1-2-7-17-31)24(30-32)26(33)28-21-8-4-3-5-9-21;2*3-2(4,5)1(6)7/h10-15,21H,1-9,16-18H2,(H,28,33);2*(H,6,7). The predicted molar refractivity (Wildman–Crippen MR) is 160 cm³/mol. The van der Waals surface area contributed by atoms with E-state index in [2.05, 4.69) is 16.3 Å². The molecule has 1 saturated heterocycles. The van der Waals surface area contributed by atoms with E-state index in [0.717, 1.165) is 48.3 Å². The zero-order valence-corrected chi connectivity index (χ0v) is 25.8. The number of benzene rings is 1. The summed E-state index contributed by atoms with van der Waals surface area (Å²) in [5, 5.41) is 23.8. The SMILES string of the molecule is O=C(NC1CCCCC1)c1nn(Cc2ccc(Cl)cc2)c2nc(N3CCCCCC3)ccc12.O=C(O)C(F)(F)F.O=C(O)C(F)(F)F. The van der Waals surface area contributed by atoms with Gasteiger partial charge in [0.15, 0.2) is 11.3 Å². The second kappa shape index (κ2) is 16.7. The summed E-state index contributed by atoms with van der Waals surface area (Å²) in [6.45, 7) is 2.60. The van der Waals surface area contributed by atoms with Crippen LogP contribution in [0.3, 0.4) is 0 Å². The van der Waals surface area contributed by atoms with Gasteiger partial charge in [-0.3, -0.25) is 4.79 Å². The normalized spacial score (nSPS) is 15.9. The quantitative estimate of drug-likeness (QED) is 0.247. The summed E-state index contributed by atoms with van der Waals surface area (Å²) >= 11 is 6.07. The highest BCUT2D eigenvalue weighted by atomic mass is 35.5. The van der Waals surface area contributed by atoms with E-state index in [1.807, 2.05) is 35.0 Å². The molecule has 10 nitrogen and oxygen atoms in total. The summed E-state index contributed by atoms with van der Waals surface area (Å²) in [6.07, 6.45) is 0.483. The molecule has 0 bridgehead atoms. The molecule has 258 valence electrons. The lowest BCUT2D eigenvalue weighted by atomic mass is 9.95. The number of aliphatic carboxylic acids is 2. The molecule has 3 N–H and O–H groups in total. The van der Waals surface area contributed by atoms with E-state index in [1.165, 1.54) is 44.9 Å². The van der Waals surface area contributed by atoms with Crippen LogP contribution in [0.25, 0.3) is 11.0 Å². The minimum absolute atomic E-state index is 0.0916. The second-order valence-corrected chi connectivity index (χ2v) is 11.4. The summed E-state index contributed by atoms with van der Waals surface area (Å²) in [5.74, 6) is -4.63. The van der Waals surface area contributed by atoms with Gasteiger partial charge in [-0.15, -0.1) is 0 Å². The minimum atomic E-state index is -5.08. The van der Waals surface area contributed by atoms with Crippen molar-refractivity contribution in [3.05, 3.63) is 52.7 Å². The topological polar surface area (TPSA) is 138 Å². The Morgan fingerprint density at radius 2 is 1.32 bits per heavy atom. The van der Waals surface area contributed by atoms with Crippen molar-refractivity contribution in [3.63, 3.8) is 0 Å². The number of aromatic nitrogens is 3. The molecule has 0 radical (unpaired) electrons. The van der Waals surface area contributed by atoms with Crippen LogP contribution < -0.4 is 10.2 Å². The van der Waals surface area contributed by atoms with Gasteiger partial charge in [0.05, 0.1) is 11.9 Å². The van der Waals surface area contributed by atoms with Gasteiger partial charge in [-0.2, -0.15) is 31.4 Å². The first-order valence-electron chi connectivity index (χ1n) is 14.8. The second-order valence-electron chi connectivity index (χ2n) is 11.0. The molecule has 1 aliphatic heterocycles. The van der Waals surface area contributed by atoms with Crippen molar-refractivity contribution in [3.8, 4) is 0 Å². The summed E-state index contributed by atoms with van der Waals surface area (Å²) < 4.78 is 65.3. The molecule has 1 amide bonds. The molecule has 17 heteroatoms. The van der Waals surface area contributed by atoms with Gasteiger partial charge in [0, 0.05) is 24.2 Å². The van der Waals surface area contributed by atoms with Crippen LogP contribution in [0.15, 0.2) is 36.4 Å².